The molecular formula is C13H11Cl2NO2. The molecule has 0 spiro atoms. The third-order valence-corrected chi connectivity index (χ3v) is 2.98. The molecule has 2 aromatic rings. The Morgan fingerprint density at radius 1 is 1.17 bits per heavy atom. The van der Waals surface area contributed by atoms with Crippen molar-refractivity contribution < 1.29 is 9.84 Å². The highest BCUT2D eigenvalue weighted by Crippen LogP contribution is 2.23. The topological polar surface area (TPSA) is 42.4 Å². The number of benzene rings is 1. The zero-order valence-electron chi connectivity index (χ0n) is 9.44. The largest absolute Gasteiger partial charge is 0.488 e. The van der Waals surface area contributed by atoms with Gasteiger partial charge in [-0.05, 0) is 12.1 Å². The van der Waals surface area contributed by atoms with Gasteiger partial charge in [0.05, 0.1) is 11.6 Å². The summed E-state index contributed by atoms with van der Waals surface area (Å²) in [5.74, 6) is 0.631. The maximum atomic E-state index is 9.17. The van der Waals surface area contributed by atoms with Crippen molar-refractivity contribution in [3.8, 4) is 5.75 Å². The molecule has 0 atom stereocenters. The molecule has 1 aromatic heterocycles. The summed E-state index contributed by atoms with van der Waals surface area (Å²) in [7, 11) is 0. The molecule has 0 unspecified atom stereocenters. The highest BCUT2D eigenvalue weighted by atomic mass is 35.5. The van der Waals surface area contributed by atoms with Crippen molar-refractivity contribution in [1.29, 1.82) is 0 Å². The van der Waals surface area contributed by atoms with Crippen LogP contribution in [0, 0.1) is 0 Å². The van der Waals surface area contributed by atoms with E-state index in [0.29, 0.717) is 15.9 Å². The fraction of sp³-hybridized carbons (Fsp3) is 0.154. The minimum absolute atomic E-state index is 0.0667. The fourth-order valence-electron chi connectivity index (χ4n) is 1.47. The Morgan fingerprint density at radius 3 is 2.67 bits per heavy atom. The number of pyridine rings is 1. The van der Waals surface area contributed by atoms with Crippen LogP contribution in [-0.4, -0.2) is 10.1 Å². The number of nitrogens with zero attached hydrogens (tertiary/aromatic N) is 1. The molecule has 5 heteroatoms. The highest BCUT2D eigenvalue weighted by Gasteiger charge is 2.05. The first kappa shape index (κ1) is 13.1. The second-order valence-electron chi connectivity index (χ2n) is 3.65. The summed E-state index contributed by atoms with van der Waals surface area (Å²) in [5.41, 5.74) is 1.48. The van der Waals surface area contributed by atoms with Crippen LogP contribution >= 0.6 is 23.2 Å². The van der Waals surface area contributed by atoms with Crippen LogP contribution in [0.2, 0.25) is 10.2 Å². The molecule has 0 bridgehead atoms. The van der Waals surface area contributed by atoms with Gasteiger partial charge in [-0.2, -0.15) is 0 Å². The molecule has 0 saturated carbocycles. The lowest BCUT2D eigenvalue weighted by atomic mass is 10.2. The van der Waals surface area contributed by atoms with Crippen LogP contribution in [0.15, 0.2) is 36.5 Å². The number of ether oxygens (including phenoxy) is 1. The minimum Gasteiger partial charge on any atom is -0.488 e. The van der Waals surface area contributed by atoms with E-state index in [1.807, 2.05) is 12.1 Å². The van der Waals surface area contributed by atoms with Crippen molar-refractivity contribution >= 4 is 23.2 Å². The SMILES string of the molecule is OCc1ccccc1OCc1cnc(Cl)cc1Cl. The standard InChI is InChI=1S/C13H11Cl2NO2/c14-11-5-13(15)16-6-10(11)8-18-12-4-2-1-3-9(12)7-17/h1-6,17H,7-8H2. The normalized spacial score (nSPS) is 10.4. The lowest BCUT2D eigenvalue weighted by molar-refractivity contribution is 0.259. The molecule has 94 valence electrons. The van der Waals surface area contributed by atoms with E-state index in [-0.39, 0.29) is 13.2 Å². The van der Waals surface area contributed by atoms with E-state index in [1.165, 1.54) is 0 Å². The number of hydrogen-bond acceptors (Lipinski definition) is 3. The average molecular weight is 284 g/mol. The Kier molecular flexibility index (Phi) is 4.42. The van der Waals surface area contributed by atoms with Crippen LogP contribution in [0.25, 0.3) is 0 Å². The summed E-state index contributed by atoms with van der Waals surface area (Å²) in [6.45, 7) is 0.211. The molecule has 0 aliphatic rings. The number of hydrogen-bond donors (Lipinski definition) is 1. The summed E-state index contributed by atoms with van der Waals surface area (Å²) in [6, 6.07) is 8.85. The predicted octanol–water partition coefficient (Wildman–Crippen LogP) is 3.46. The second-order valence-corrected chi connectivity index (χ2v) is 4.45. The molecule has 0 amide bonds. The molecule has 0 saturated heterocycles. The van der Waals surface area contributed by atoms with Gasteiger partial charge in [-0.15, -0.1) is 0 Å². The third-order valence-electron chi connectivity index (χ3n) is 2.42. The molecule has 3 nitrogen and oxygen atoms in total. The Bertz CT molecular complexity index is 546. The van der Waals surface area contributed by atoms with Gasteiger partial charge in [-0.1, -0.05) is 41.4 Å². The monoisotopic (exact) mass is 283 g/mol. The summed E-state index contributed by atoms with van der Waals surface area (Å²) in [6.07, 6.45) is 1.58. The van der Waals surface area contributed by atoms with E-state index in [2.05, 4.69) is 4.98 Å². The van der Waals surface area contributed by atoms with Crippen LogP contribution in [0.3, 0.4) is 0 Å². The first-order valence-electron chi connectivity index (χ1n) is 5.32. The van der Waals surface area contributed by atoms with Gasteiger partial charge < -0.3 is 9.84 Å². The minimum atomic E-state index is -0.0667. The molecule has 1 aromatic carbocycles. The van der Waals surface area contributed by atoms with Crippen LogP contribution in [0.4, 0.5) is 0 Å². The van der Waals surface area contributed by atoms with Gasteiger partial charge in [0, 0.05) is 17.3 Å². The van der Waals surface area contributed by atoms with Gasteiger partial charge in [0.25, 0.3) is 0 Å². The number of halogens is 2. The maximum Gasteiger partial charge on any atom is 0.130 e. The van der Waals surface area contributed by atoms with Crippen molar-refractivity contribution in [2.45, 2.75) is 13.2 Å². The van der Waals surface area contributed by atoms with Crippen molar-refractivity contribution in [1.82, 2.24) is 4.98 Å². The molecule has 2 rings (SSSR count). The van der Waals surface area contributed by atoms with E-state index < -0.39 is 0 Å². The molecule has 0 radical (unpaired) electrons. The smallest absolute Gasteiger partial charge is 0.130 e. The van der Waals surface area contributed by atoms with Gasteiger partial charge in [0.2, 0.25) is 0 Å². The van der Waals surface area contributed by atoms with Crippen LogP contribution in [-0.2, 0) is 13.2 Å². The fourth-order valence-corrected chi connectivity index (χ4v) is 1.89. The lowest BCUT2D eigenvalue weighted by Crippen LogP contribution is -2.00. The highest BCUT2D eigenvalue weighted by molar-refractivity contribution is 6.34. The van der Waals surface area contributed by atoms with Crippen molar-refractivity contribution in [3.05, 3.63) is 57.8 Å². The Morgan fingerprint density at radius 2 is 1.94 bits per heavy atom. The number of rotatable bonds is 4. The lowest BCUT2D eigenvalue weighted by Gasteiger charge is -2.10. The van der Waals surface area contributed by atoms with E-state index >= 15 is 0 Å². The Hall–Kier alpha value is -1.29. The molecule has 0 fully saturated rings. The van der Waals surface area contributed by atoms with Crippen molar-refractivity contribution in [2.24, 2.45) is 0 Å². The number of aromatic nitrogens is 1. The van der Waals surface area contributed by atoms with Crippen LogP contribution in [0.5, 0.6) is 5.75 Å². The second kappa shape index (κ2) is 6.05. The Labute approximate surface area is 115 Å². The molecule has 0 aliphatic carbocycles. The zero-order valence-corrected chi connectivity index (χ0v) is 10.9. The van der Waals surface area contributed by atoms with E-state index in [1.54, 1.807) is 24.4 Å². The molecule has 0 aliphatic heterocycles. The van der Waals surface area contributed by atoms with E-state index in [9.17, 15) is 5.11 Å². The van der Waals surface area contributed by atoms with Gasteiger partial charge in [-0.25, -0.2) is 4.98 Å². The molecule has 18 heavy (non-hydrogen) atoms. The summed E-state index contributed by atoms with van der Waals surface area (Å²) < 4.78 is 5.61. The first-order valence-corrected chi connectivity index (χ1v) is 6.08. The van der Waals surface area contributed by atoms with Crippen molar-refractivity contribution in [3.63, 3.8) is 0 Å². The quantitative estimate of drug-likeness (QED) is 0.874. The van der Waals surface area contributed by atoms with E-state index in [4.69, 9.17) is 27.9 Å². The summed E-state index contributed by atoms with van der Waals surface area (Å²) >= 11 is 11.7. The van der Waals surface area contributed by atoms with Gasteiger partial charge in [0.15, 0.2) is 0 Å². The first-order chi connectivity index (χ1) is 8.70. The predicted molar refractivity (Wildman–Crippen MR) is 71.0 cm³/mol. The van der Waals surface area contributed by atoms with Gasteiger partial charge in [0.1, 0.15) is 17.5 Å². The molecule has 1 heterocycles. The van der Waals surface area contributed by atoms with E-state index in [0.717, 1.165) is 11.1 Å². The number of aliphatic hydroxyl groups is 1. The molecule has 1 N–H and O–H groups in total. The third kappa shape index (κ3) is 3.13. The number of para-hydroxylation sites is 1. The number of aliphatic hydroxyl groups excluding tert-OH is 1. The van der Waals surface area contributed by atoms with Crippen LogP contribution < -0.4 is 4.74 Å². The molecular weight excluding hydrogens is 273 g/mol. The maximum absolute atomic E-state index is 9.17. The zero-order chi connectivity index (χ0) is 13.0. The summed E-state index contributed by atoms with van der Waals surface area (Å²) in [5, 5.41) is 10.0. The van der Waals surface area contributed by atoms with Crippen molar-refractivity contribution in [2.75, 3.05) is 0 Å². The van der Waals surface area contributed by atoms with Gasteiger partial charge >= 0.3 is 0 Å². The summed E-state index contributed by atoms with van der Waals surface area (Å²) in [4.78, 5) is 3.95. The average Bonchev–Trinajstić information content (AvgIpc) is 2.38. The Balaban J connectivity index is 2.11. The van der Waals surface area contributed by atoms with Crippen LogP contribution in [0.1, 0.15) is 11.1 Å². The van der Waals surface area contributed by atoms with Gasteiger partial charge in [-0.3, -0.25) is 0 Å².